The molecule has 0 bridgehead atoms. The van der Waals surface area contributed by atoms with Crippen LogP contribution in [0, 0.1) is 0 Å². The molecule has 29 rings (SSSR count). The fourth-order valence-electron chi connectivity index (χ4n) is 22.6. The minimum Gasteiger partial charge on any atom is -0.309 e. The van der Waals surface area contributed by atoms with Crippen molar-refractivity contribution in [1.82, 2.24) is 27.4 Å². The molecule has 0 radical (unpaired) electrons. The van der Waals surface area contributed by atoms with Crippen molar-refractivity contribution in [3.63, 3.8) is 0 Å². The lowest BCUT2D eigenvalue weighted by Gasteiger charge is -2.19. The highest BCUT2D eigenvalue weighted by Gasteiger charge is 2.26. The van der Waals surface area contributed by atoms with Crippen LogP contribution in [-0.2, 0) is 0 Å². The molecular weight excluding hydrogens is 1740 g/mol. The summed E-state index contributed by atoms with van der Waals surface area (Å²) in [5, 5.41) is 15.1. The predicted octanol–water partition coefficient (Wildman–Crippen LogP) is 37.0. The molecule has 0 N–H and O–H groups in total. The Morgan fingerprint density at radius 3 is 0.618 bits per heavy atom. The molecule has 6 nitrogen and oxygen atoms in total. The molecule has 0 fully saturated rings. The number of aromatic nitrogens is 6. The normalized spacial score (nSPS) is 11.6. The molecule has 0 aliphatic heterocycles. The first-order chi connectivity index (χ1) is 71.5. The quantitative estimate of drug-likeness (QED) is 0.104. The minimum atomic E-state index is 1.17. The molecule has 674 valence electrons. The number of fused-ring (bicyclic) bond motifs is 18. The maximum atomic E-state index is 2.48. The first kappa shape index (κ1) is 84.2. The van der Waals surface area contributed by atoms with Crippen molar-refractivity contribution >= 4 is 131 Å². The smallest absolute Gasteiger partial charge is 0.0618 e. The molecule has 144 heavy (non-hydrogen) atoms. The van der Waals surface area contributed by atoms with Crippen LogP contribution in [0.5, 0.6) is 0 Å². The van der Waals surface area contributed by atoms with Crippen LogP contribution in [0.1, 0.15) is 0 Å². The Kier molecular flexibility index (Phi) is 20.9. The highest BCUT2D eigenvalue weighted by Crippen LogP contribution is 2.48. The second kappa shape index (κ2) is 35.7. The Labute approximate surface area is 833 Å². The van der Waals surface area contributed by atoms with Gasteiger partial charge in [0.25, 0.3) is 0 Å². The molecule has 23 aromatic carbocycles. The Hall–Kier alpha value is -19.1. The minimum absolute atomic E-state index is 1.17. The summed E-state index contributed by atoms with van der Waals surface area (Å²) in [6.07, 6.45) is 0. The number of hydrogen-bond donors (Lipinski definition) is 0. The zero-order valence-electron chi connectivity index (χ0n) is 78.8. The fourth-order valence-corrected chi connectivity index (χ4v) is 22.6. The lowest BCUT2D eigenvalue weighted by atomic mass is 9.95. The zero-order valence-corrected chi connectivity index (χ0v) is 78.8. The van der Waals surface area contributed by atoms with E-state index < -0.39 is 0 Å². The molecule has 6 aromatic heterocycles. The van der Waals surface area contributed by atoms with Gasteiger partial charge < -0.3 is 27.4 Å². The van der Waals surface area contributed by atoms with Crippen molar-refractivity contribution in [2.45, 2.75) is 0 Å². The largest absolute Gasteiger partial charge is 0.309 e. The topological polar surface area (TPSA) is 29.6 Å². The predicted molar refractivity (Wildman–Crippen MR) is 609 cm³/mol. The first-order valence-electron chi connectivity index (χ1n) is 49.5. The molecule has 6 heteroatoms. The molecule has 0 aliphatic carbocycles. The van der Waals surface area contributed by atoms with Crippen LogP contribution in [0.3, 0.4) is 0 Å². The average Bonchev–Trinajstić information content (AvgIpc) is 1.59. The Balaban J connectivity index is 0.000000108. The van der Waals surface area contributed by atoms with E-state index in [9.17, 15) is 0 Å². The third kappa shape index (κ3) is 14.5. The monoisotopic (exact) mass is 1830 g/mol. The molecule has 0 amide bonds. The molecule has 0 saturated carbocycles. The van der Waals surface area contributed by atoms with Crippen molar-refractivity contribution in [2.75, 3.05) is 0 Å². The van der Waals surface area contributed by atoms with E-state index in [1.807, 2.05) is 0 Å². The third-order valence-electron chi connectivity index (χ3n) is 29.2. The summed E-state index contributed by atoms with van der Waals surface area (Å²) >= 11 is 0. The molecule has 0 saturated heterocycles. The average molecular weight is 1830 g/mol. The van der Waals surface area contributed by atoms with Gasteiger partial charge in [-0.2, -0.15) is 0 Å². The van der Waals surface area contributed by atoms with Crippen molar-refractivity contribution in [3.05, 3.63) is 558 Å². The van der Waals surface area contributed by atoms with Crippen LogP contribution in [0.2, 0.25) is 0 Å². The first-order valence-corrected chi connectivity index (χ1v) is 49.5. The van der Waals surface area contributed by atoms with Gasteiger partial charge in [-0.3, -0.25) is 0 Å². The van der Waals surface area contributed by atoms with Crippen molar-refractivity contribution in [1.29, 1.82) is 0 Å². The second-order valence-electron chi connectivity index (χ2n) is 37.3. The van der Waals surface area contributed by atoms with Crippen LogP contribution >= 0.6 is 0 Å². The van der Waals surface area contributed by atoms with Gasteiger partial charge in [0.15, 0.2) is 0 Å². The number of nitrogens with zero attached hydrogens (tertiary/aromatic N) is 6. The number of rotatable bonds is 14. The highest BCUT2D eigenvalue weighted by molar-refractivity contribution is 6.18. The van der Waals surface area contributed by atoms with E-state index in [4.69, 9.17) is 0 Å². The number of hydrogen-bond acceptors (Lipinski definition) is 0. The van der Waals surface area contributed by atoms with Crippen molar-refractivity contribution in [2.24, 2.45) is 0 Å². The molecule has 0 unspecified atom stereocenters. The van der Waals surface area contributed by atoms with Crippen LogP contribution in [0.15, 0.2) is 558 Å². The molecule has 0 spiro atoms. The van der Waals surface area contributed by atoms with Gasteiger partial charge in [-0.25, -0.2) is 0 Å². The molecule has 6 heterocycles. The van der Waals surface area contributed by atoms with Gasteiger partial charge in [-0.1, -0.05) is 400 Å². The summed E-state index contributed by atoms with van der Waals surface area (Å²) in [6.45, 7) is 0. The molecule has 29 aromatic rings. The van der Waals surface area contributed by atoms with Gasteiger partial charge in [0.2, 0.25) is 0 Å². The van der Waals surface area contributed by atoms with Crippen LogP contribution in [0.25, 0.3) is 254 Å². The zero-order chi connectivity index (χ0) is 95.1. The standard InChI is InChI=1S/2C48H32N2.C42H28N2/c1-4-15-33(16-5-1)38-23-14-24-39(34-17-6-2-7-18-34)48(38)50-45-26-13-11-22-41(45)43-32-36(28-30-47(43)50)35-27-29-46-42(31-35)40-21-10-12-25-44(40)49(46)37-19-8-3-9-20-37;1-4-14-33(15-5-1)37-24-27-39(34-16-6-2-7-17-34)48(32-37)50-45-23-13-11-21-41(45)43-31-36(26-29-47(43)50)35-25-28-46-42(30-35)40-20-10-12-22-44(40)49(46)38-18-8-3-9-19-38;1-3-13-29(14-4-1)33-17-7-10-20-38(33)44-40-22-12-9-19-35(40)37-28-31(24-26-42(37)44)30-23-25-41-36(27-30)34-18-8-11-21-39(34)43(41)32-15-5-2-6-16-32/h2*1-32H;1-28H. The maximum Gasteiger partial charge on any atom is 0.0618 e. The SMILES string of the molecule is c1ccc(-c2ccc(-c3ccccc3)c(-n3c4ccccc4c4cc(-c5ccc6c(c5)c5ccccc5n6-c5ccccc5)ccc43)c2)cc1.c1ccc(-c2cccc(-c3ccccc3)c2-n2c3ccccc3c3cc(-c4ccc5c(c4)c4ccccc4n5-c4ccccc4)ccc32)cc1.c1ccc(-c2ccccc2-n2c3ccccc3c3cc(-c4ccc5c(c4)c4ccccc4n5-c4ccccc4)ccc32)cc1. The van der Waals surface area contributed by atoms with Crippen LogP contribution in [0.4, 0.5) is 0 Å². The summed E-state index contributed by atoms with van der Waals surface area (Å²) in [4.78, 5) is 0. The van der Waals surface area contributed by atoms with Crippen molar-refractivity contribution < 1.29 is 0 Å². The van der Waals surface area contributed by atoms with Crippen LogP contribution < -0.4 is 0 Å². The summed E-state index contributed by atoms with van der Waals surface area (Å²) in [5.74, 6) is 0. The Bertz CT molecular complexity index is 9920. The molecule has 0 atom stereocenters. The molecular formula is C138H92N6. The van der Waals surface area contributed by atoms with E-state index in [-0.39, 0.29) is 0 Å². The third-order valence-corrected chi connectivity index (χ3v) is 29.2. The lowest BCUT2D eigenvalue weighted by molar-refractivity contribution is 1.18. The second-order valence-corrected chi connectivity index (χ2v) is 37.3. The van der Waals surface area contributed by atoms with Gasteiger partial charge in [0, 0.05) is 104 Å². The summed E-state index contributed by atoms with van der Waals surface area (Å²) < 4.78 is 14.5. The molecule has 0 aliphatic rings. The fraction of sp³-hybridized carbons (Fsp3) is 0. The highest BCUT2D eigenvalue weighted by atomic mass is 15.0. The van der Waals surface area contributed by atoms with Gasteiger partial charge in [-0.05, 0) is 224 Å². The lowest BCUT2D eigenvalue weighted by Crippen LogP contribution is -2.00. The van der Waals surface area contributed by atoms with E-state index >= 15 is 0 Å². The number of benzene rings is 23. The Morgan fingerprint density at radius 1 is 0.0972 bits per heavy atom. The summed E-state index contributed by atoms with van der Waals surface area (Å²) in [5.41, 5.74) is 40.9. The van der Waals surface area contributed by atoms with Gasteiger partial charge >= 0.3 is 0 Å². The van der Waals surface area contributed by atoms with E-state index in [1.165, 1.54) is 254 Å². The number of para-hydroxylation sites is 11. The van der Waals surface area contributed by atoms with E-state index in [0.717, 1.165) is 0 Å². The maximum absolute atomic E-state index is 2.48. The van der Waals surface area contributed by atoms with Crippen molar-refractivity contribution in [3.8, 4) is 123 Å². The van der Waals surface area contributed by atoms with Gasteiger partial charge in [0.1, 0.15) is 0 Å². The summed E-state index contributed by atoms with van der Waals surface area (Å²) in [6, 6.07) is 202. The van der Waals surface area contributed by atoms with Crippen LogP contribution in [-0.4, -0.2) is 27.4 Å². The van der Waals surface area contributed by atoms with E-state index in [2.05, 4.69) is 586 Å². The Morgan fingerprint density at radius 2 is 0.299 bits per heavy atom. The van der Waals surface area contributed by atoms with E-state index in [1.54, 1.807) is 0 Å². The van der Waals surface area contributed by atoms with Gasteiger partial charge in [0.05, 0.1) is 83.3 Å². The van der Waals surface area contributed by atoms with E-state index in [0.29, 0.717) is 0 Å². The van der Waals surface area contributed by atoms with Gasteiger partial charge in [-0.15, -0.1) is 0 Å². The summed E-state index contributed by atoms with van der Waals surface area (Å²) in [7, 11) is 0.